The fourth-order valence-corrected chi connectivity index (χ4v) is 4.77. The van der Waals surface area contributed by atoms with Crippen LogP contribution in [-0.2, 0) is 17.6 Å². The summed E-state index contributed by atoms with van der Waals surface area (Å²) in [6, 6.07) is 7.28. The number of fused-ring (bicyclic) bond motifs is 2. The maximum atomic E-state index is 12.8. The lowest BCUT2D eigenvalue weighted by Crippen LogP contribution is -2.40. The Kier molecular flexibility index (Phi) is 5.03. The zero-order valence-electron chi connectivity index (χ0n) is 15.2. The molecule has 0 saturated heterocycles. The second-order valence-corrected chi connectivity index (χ2v) is 7.73. The van der Waals surface area contributed by atoms with Crippen molar-refractivity contribution in [1.82, 2.24) is 5.32 Å². The lowest BCUT2D eigenvalue weighted by Gasteiger charge is -2.25. The maximum absolute atomic E-state index is 12.8. The summed E-state index contributed by atoms with van der Waals surface area (Å²) in [5.74, 6) is 0.765. The number of thiophene rings is 1. The van der Waals surface area contributed by atoms with Crippen LogP contribution < -0.4 is 20.1 Å². The molecule has 2 heterocycles. The van der Waals surface area contributed by atoms with Crippen molar-refractivity contribution < 1.29 is 19.1 Å². The van der Waals surface area contributed by atoms with Gasteiger partial charge in [0.2, 0.25) is 6.10 Å². The molecule has 2 N–H and O–H groups in total. The molecule has 2 aliphatic rings. The number of hydrogen-bond donors (Lipinski definition) is 2. The Morgan fingerprint density at radius 1 is 1.19 bits per heavy atom. The SMILES string of the molecule is CCNC(=O)c1c(NC(=O)[C@@H]2COc3ccccc3O2)sc2c1CCCC2. The number of amides is 2. The Bertz CT molecular complexity index is 877. The predicted molar refractivity (Wildman–Crippen MR) is 104 cm³/mol. The maximum Gasteiger partial charge on any atom is 0.269 e. The van der Waals surface area contributed by atoms with E-state index in [1.165, 1.54) is 16.2 Å². The van der Waals surface area contributed by atoms with Gasteiger partial charge in [-0.3, -0.25) is 9.59 Å². The minimum Gasteiger partial charge on any atom is -0.485 e. The van der Waals surface area contributed by atoms with Gasteiger partial charge in [0.15, 0.2) is 11.5 Å². The molecule has 0 unspecified atom stereocenters. The zero-order valence-corrected chi connectivity index (χ0v) is 16.0. The van der Waals surface area contributed by atoms with Crippen LogP contribution in [0, 0.1) is 0 Å². The van der Waals surface area contributed by atoms with Crippen LogP contribution in [0.25, 0.3) is 0 Å². The first-order valence-corrected chi connectivity index (χ1v) is 10.1. The van der Waals surface area contributed by atoms with Gasteiger partial charge in [-0.1, -0.05) is 12.1 Å². The topological polar surface area (TPSA) is 76.7 Å². The number of anilines is 1. The van der Waals surface area contributed by atoms with E-state index in [0.29, 0.717) is 28.6 Å². The van der Waals surface area contributed by atoms with Crippen LogP contribution in [0.5, 0.6) is 11.5 Å². The third kappa shape index (κ3) is 3.51. The first-order chi connectivity index (χ1) is 13.2. The average Bonchev–Trinajstić information content (AvgIpc) is 3.05. The van der Waals surface area contributed by atoms with Crippen molar-refractivity contribution >= 4 is 28.2 Å². The van der Waals surface area contributed by atoms with E-state index in [2.05, 4.69) is 10.6 Å². The molecule has 7 heteroatoms. The van der Waals surface area contributed by atoms with E-state index in [4.69, 9.17) is 9.47 Å². The van der Waals surface area contributed by atoms with Crippen LogP contribution in [0.15, 0.2) is 24.3 Å². The highest BCUT2D eigenvalue weighted by atomic mass is 32.1. The van der Waals surface area contributed by atoms with Gasteiger partial charge >= 0.3 is 0 Å². The molecule has 1 aliphatic heterocycles. The first-order valence-electron chi connectivity index (χ1n) is 9.29. The number of benzene rings is 1. The summed E-state index contributed by atoms with van der Waals surface area (Å²) in [7, 11) is 0. The molecule has 1 aromatic carbocycles. The summed E-state index contributed by atoms with van der Waals surface area (Å²) < 4.78 is 11.4. The monoisotopic (exact) mass is 386 g/mol. The van der Waals surface area contributed by atoms with Gasteiger partial charge < -0.3 is 20.1 Å². The minimum absolute atomic E-state index is 0.127. The Morgan fingerprint density at radius 3 is 2.78 bits per heavy atom. The summed E-state index contributed by atoms with van der Waals surface area (Å²) >= 11 is 1.50. The molecular weight excluding hydrogens is 364 g/mol. The summed E-state index contributed by atoms with van der Waals surface area (Å²) in [5.41, 5.74) is 1.70. The summed E-state index contributed by atoms with van der Waals surface area (Å²) in [6.45, 7) is 2.58. The number of rotatable bonds is 4. The Morgan fingerprint density at radius 2 is 1.96 bits per heavy atom. The lowest BCUT2D eigenvalue weighted by molar-refractivity contribution is -0.125. The van der Waals surface area contributed by atoms with E-state index in [9.17, 15) is 9.59 Å². The highest BCUT2D eigenvalue weighted by molar-refractivity contribution is 7.17. The molecule has 142 valence electrons. The molecule has 1 aliphatic carbocycles. The molecule has 1 aromatic heterocycles. The third-order valence-electron chi connectivity index (χ3n) is 4.77. The lowest BCUT2D eigenvalue weighted by atomic mass is 9.95. The molecule has 0 bridgehead atoms. The second kappa shape index (κ2) is 7.60. The summed E-state index contributed by atoms with van der Waals surface area (Å²) in [6.07, 6.45) is 3.27. The highest BCUT2D eigenvalue weighted by Gasteiger charge is 2.31. The Hall–Kier alpha value is -2.54. The van der Waals surface area contributed by atoms with Crippen LogP contribution in [0.2, 0.25) is 0 Å². The summed E-state index contributed by atoms with van der Waals surface area (Å²) in [4.78, 5) is 26.6. The molecule has 0 radical (unpaired) electrons. The molecule has 2 amide bonds. The zero-order chi connectivity index (χ0) is 18.8. The van der Waals surface area contributed by atoms with E-state index in [-0.39, 0.29) is 18.4 Å². The Balaban J connectivity index is 1.56. The van der Waals surface area contributed by atoms with Crippen molar-refractivity contribution in [2.75, 3.05) is 18.5 Å². The van der Waals surface area contributed by atoms with Crippen molar-refractivity contribution in [2.24, 2.45) is 0 Å². The van der Waals surface area contributed by atoms with E-state index in [1.807, 2.05) is 25.1 Å². The van der Waals surface area contributed by atoms with Crippen molar-refractivity contribution in [3.8, 4) is 11.5 Å². The largest absolute Gasteiger partial charge is 0.485 e. The van der Waals surface area contributed by atoms with Gasteiger partial charge in [0, 0.05) is 11.4 Å². The van der Waals surface area contributed by atoms with Crippen molar-refractivity contribution in [3.63, 3.8) is 0 Å². The van der Waals surface area contributed by atoms with Crippen molar-refractivity contribution in [3.05, 3.63) is 40.3 Å². The Labute approximate surface area is 161 Å². The van der Waals surface area contributed by atoms with Crippen molar-refractivity contribution in [2.45, 2.75) is 38.7 Å². The smallest absolute Gasteiger partial charge is 0.269 e. The van der Waals surface area contributed by atoms with Gasteiger partial charge in [-0.25, -0.2) is 0 Å². The van der Waals surface area contributed by atoms with Gasteiger partial charge in [0.05, 0.1) is 5.56 Å². The van der Waals surface area contributed by atoms with Crippen LogP contribution in [-0.4, -0.2) is 31.1 Å². The predicted octanol–water partition coefficient (Wildman–Crippen LogP) is 3.16. The quantitative estimate of drug-likeness (QED) is 0.846. The number of para-hydroxylation sites is 2. The molecule has 0 saturated carbocycles. The fourth-order valence-electron chi connectivity index (χ4n) is 3.48. The van der Waals surface area contributed by atoms with Gasteiger partial charge in [-0.05, 0) is 50.3 Å². The number of carbonyl (C=O) groups excluding carboxylic acids is 2. The molecule has 0 spiro atoms. The van der Waals surface area contributed by atoms with Crippen molar-refractivity contribution in [1.29, 1.82) is 0 Å². The van der Waals surface area contributed by atoms with E-state index >= 15 is 0 Å². The fraction of sp³-hybridized carbons (Fsp3) is 0.400. The van der Waals surface area contributed by atoms with Crippen LogP contribution in [0.4, 0.5) is 5.00 Å². The van der Waals surface area contributed by atoms with Gasteiger partial charge in [-0.15, -0.1) is 11.3 Å². The van der Waals surface area contributed by atoms with Crippen LogP contribution >= 0.6 is 11.3 Å². The average molecular weight is 386 g/mol. The van der Waals surface area contributed by atoms with Gasteiger partial charge in [0.25, 0.3) is 11.8 Å². The normalized spacial score (nSPS) is 17.7. The number of aryl methyl sites for hydroxylation is 1. The molecule has 27 heavy (non-hydrogen) atoms. The van der Waals surface area contributed by atoms with Gasteiger partial charge in [0.1, 0.15) is 11.6 Å². The molecular formula is C20H22N2O4S. The molecule has 4 rings (SSSR count). The number of hydrogen-bond acceptors (Lipinski definition) is 5. The number of carbonyl (C=O) groups is 2. The third-order valence-corrected chi connectivity index (χ3v) is 5.98. The molecule has 0 fully saturated rings. The number of ether oxygens (including phenoxy) is 2. The molecule has 2 aromatic rings. The molecule has 6 nitrogen and oxygen atoms in total. The van der Waals surface area contributed by atoms with Gasteiger partial charge in [-0.2, -0.15) is 0 Å². The van der Waals surface area contributed by atoms with Crippen LogP contribution in [0.3, 0.4) is 0 Å². The first kappa shape index (κ1) is 17.9. The summed E-state index contributed by atoms with van der Waals surface area (Å²) in [5, 5.41) is 6.40. The van der Waals surface area contributed by atoms with Crippen LogP contribution in [0.1, 0.15) is 40.6 Å². The standard InChI is InChI=1S/C20H22N2O4S/c1-2-21-19(24)17-12-7-3-6-10-16(12)27-20(17)22-18(23)15-11-25-13-8-4-5-9-14(13)26-15/h4-5,8-9,15H,2-3,6-7,10-11H2,1H3,(H,21,24)(H,22,23)/t15-/m0/s1. The van der Waals surface area contributed by atoms with E-state index in [1.54, 1.807) is 6.07 Å². The number of nitrogens with one attached hydrogen (secondary N) is 2. The highest BCUT2D eigenvalue weighted by Crippen LogP contribution is 2.38. The minimum atomic E-state index is -0.749. The molecule has 1 atom stereocenters. The van der Waals surface area contributed by atoms with E-state index < -0.39 is 6.10 Å². The second-order valence-electron chi connectivity index (χ2n) is 6.63. The van der Waals surface area contributed by atoms with E-state index in [0.717, 1.165) is 31.2 Å².